The molecule has 4 nitrogen and oxygen atoms in total. The van der Waals surface area contributed by atoms with E-state index in [2.05, 4.69) is 67.0 Å². The third kappa shape index (κ3) is 5.09. The summed E-state index contributed by atoms with van der Waals surface area (Å²) >= 11 is 0. The number of hydrogen-bond donors (Lipinski definition) is 1. The van der Waals surface area contributed by atoms with Crippen LogP contribution in [0, 0.1) is 36.5 Å². The highest BCUT2D eigenvalue weighted by atomic mass is 15.1. The van der Waals surface area contributed by atoms with Crippen LogP contribution in [0.3, 0.4) is 0 Å². The Balaban J connectivity index is 1.65. The van der Waals surface area contributed by atoms with Crippen LogP contribution in [0.25, 0.3) is 5.70 Å². The Morgan fingerprint density at radius 2 is 1.80 bits per heavy atom. The normalized spacial score (nSPS) is 14.2. The van der Waals surface area contributed by atoms with E-state index in [1.807, 2.05) is 12.1 Å². The molecule has 154 valence electrons. The Kier molecular flexibility index (Phi) is 7.28. The topological polar surface area (TPSA) is 62.9 Å². The maximum absolute atomic E-state index is 8.99. The Labute approximate surface area is 180 Å². The molecule has 1 aliphatic rings. The van der Waals surface area contributed by atoms with E-state index in [1.165, 1.54) is 27.8 Å². The molecular weight excluding hydrogens is 368 g/mol. The van der Waals surface area contributed by atoms with Gasteiger partial charge in [-0.3, -0.25) is 0 Å². The molecule has 2 aromatic rings. The predicted octanol–water partition coefficient (Wildman–Crippen LogP) is 5.03. The van der Waals surface area contributed by atoms with E-state index in [4.69, 9.17) is 10.5 Å². The van der Waals surface area contributed by atoms with Crippen LogP contribution >= 0.6 is 0 Å². The summed E-state index contributed by atoms with van der Waals surface area (Å²) in [6.45, 7) is 12.2. The molecular formula is C26H30N4. The lowest BCUT2D eigenvalue weighted by molar-refractivity contribution is 0.299. The van der Waals surface area contributed by atoms with Gasteiger partial charge in [0.2, 0.25) is 0 Å². The third-order valence-corrected chi connectivity index (χ3v) is 6.11. The van der Waals surface area contributed by atoms with E-state index in [0.717, 1.165) is 43.7 Å². The quantitative estimate of drug-likeness (QED) is 0.665. The van der Waals surface area contributed by atoms with Gasteiger partial charge in [-0.1, -0.05) is 24.8 Å². The summed E-state index contributed by atoms with van der Waals surface area (Å²) in [4.78, 5) is 2.41. The fraction of sp³-hybridized carbons (Fsp3) is 0.385. The minimum absolute atomic E-state index is 0.526. The van der Waals surface area contributed by atoms with Crippen molar-refractivity contribution in [2.45, 2.75) is 45.6 Å². The molecule has 0 aliphatic carbocycles. The first kappa shape index (κ1) is 21.6. The van der Waals surface area contributed by atoms with Crippen molar-refractivity contribution >= 4 is 5.70 Å². The van der Waals surface area contributed by atoms with E-state index < -0.39 is 0 Å². The zero-order chi connectivity index (χ0) is 21.5. The summed E-state index contributed by atoms with van der Waals surface area (Å²) in [5.74, 6) is 0.542. The first-order valence-corrected chi connectivity index (χ1v) is 10.7. The average molecular weight is 399 g/mol. The Morgan fingerprint density at radius 3 is 2.43 bits per heavy atom. The first-order valence-electron chi connectivity index (χ1n) is 10.7. The van der Waals surface area contributed by atoms with Gasteiger partial charge in [0.05, 0.1) is 17.7 Å². The van der Waals surface area contributed by atoms with Crippen molar-refractivity contribution in [2.75, 3.05) is 19.6 Å². The minimum Gasteiger partial charge on any atom is -0.371 e. The standard InChI is InChI=1S/C26H30N4/c1-19-15-20(2)26(16-25(19)18-29-12-4-11-27)21(3)30-13-9-24(10-14-30)23-7-5-22(17-28)6-8-23/h5-8,15-16,24,29H,3-4,9-10,12-14,18H2,1-2H3. The van der Waals surface area contributed by atoms with Crippen molar-refractivity contribution in [3.8, 4) is 12.1 Å². The number of nitriles is 2. The number of nitrogens with one attached hydrogen (secondary N) is 1. The summed E-state index contributed by atoms with van der Waals surface area (Å²) in [6.07, 6.45) is 2.72. The fourth-order valence-electron chi connectivity index (χ4n) is 4.25. The molecule has 0 atom stereocenters. The second-order valence-electron chi connectivity index (χ2n) is 8.12. The largest absolute Gasteiger partial charge is 0.371 e. The second-order valence-corrected chi connectivity index (χ2v) is 8.12. The number of rotatable bonds is 7. The molecule has 0 spiro atoms. The van der Waals surface area contributed by atoms with Gasteiger partial charge >= 0.3 is 0 Å². The Hall–Kier alpha value is -3.08. The van der Waals surface area contributed by atoms with Crippen LogP contribution in [-0.4, -0.2) is 24.5 Å². The molecule has 1 heterocycles. The van der Waals surface area contributed by atoms with Crippen LogP contribution in [-0.2, 0) is 6.54 Å². The molecule has 2 aromatic carbocycles. The summed E-state index contributed by atoms with van der Waals surface area (Å²) < 4.78 is 0. The summed E-state index contributed by atoms with van der Waals surface area (Å²) in [7, 11) is 0. The lowest BCUT2D eigenvalue weighted by Gasteiger charge is -2.35. The average Bonchev–Trinajstić information content (AvgIpc) is 2.77. The maximum Gasteiger partial charge on any atom is 0.0991 e. The van der Waals surface area contributed by atoms with Gasteiger partial charge in [-0.15, -0.1) is 0 Å². The van der Waals surface area contributed by atoms with Gasteiger partial charge in [0, 0.05) is 43.9 Å². The third-order valence-electron chi connectivity index (χ3n) is 6.11. The van der Waals surface area contributed by atoms with E-state index >= 15 is 0 Å². The van der Waals surface area contributed by atoms with Crippen molar-refractivity contribution in [2.24, 2.45) is 0 Å². The highest BCUT2D eigenvalue weighted by Crippen LogP contribution is 2.33. The van der Waals surface area contributed by atoms with Crippen LogP contribution in [0.2, 0.25) is 0 Å². The van der Waals surface area contributed by atoms with Crippen LogP contribution in [0.1, 0.15) is 58.6 Å². The van der Waals surface area contributed by atoms with E-state index in [0.29, 0.717) is 18.9 Å². The first-order chi connectivity index (χ1) is 14.5. The van der Waals surface area contributed by atoms with Crippen molar-refractivity contribution in [3.63, 3.8) is 0 Å². The Morgan fingerprint density at radius 1 is 1.10 bits per heavy atom. The van der Waals surface area contributed by atoms with Gasteiger partial charge in [-0.2, -0.15) is 10.5 Å². The summed E-state index contributed by atoms with van der Waals surface area (Å²) in [5.41, 5.74) is 8.16. The Bertz CT molecular complexity index is 968. The van der Waals surface area contributed by atoms with Gasteiger partial charge in [0.25, 0.3) is 0 Å². The lowest BCUT2D eigenvalue weighted by atomic mass is 9.88. The molecule has 0 unspecified atom stereocenters. The molecule has 1 N–H and O–H groups in total. The highest BCUT2D eigenvalue weighted by Gasteiger charge is 2.22. The van der Waals surface area contributed by atoms with Crippen molar-refractivity contribution in [3.05, 3.63) is 76.4 Å². The molecule has 0 saturated carbocycles. The van der Waals surface area contributed by atoms with Crippen LogP contribution < -0.4 is 5.32 Å². The van der Waals surface area contributed by atoms with Crippen molar-refractivity contribution in [1.82, 2.24) is 10.2 Å². The molecule has 0 amide bonds. The van der Waals surface area contributed by atoms with Gasteiger partial charge < -0.3 is 10.2 Å². The monoisotopic (exact) mass is 398 g/mol. The molecule has 0 aromatic heterocycles. The molecule has 1 aliphatic heterocycles. The van der Waals surface area contributed by atoms with Crippen molar-refractivity contribution in [1.29, 1.82) is 10.5 Å². The van der Waals surface area contributed by atoms with Crippen LogP contribution in [0.4, 0.5) is 0 Å². The zero-order valence-electron chi connectivity index (χ0n) is 18.0. The number of benzene rings is 2. The molecule has 30 heavy (non-hydrogen) atoms. The number of piperidine rings is 1. The summed E-state index contributed by atoms with van der Waals surface area (Å²) in [5, 5.41) is 21.1. The molecule has 0 bridgehead atoms. The van der Waals surface area contributed by atoms with Gasteiger partial charge in [0.15, 0.2) is 0 Å². The molecule has 1 saturated heterocycles. The zero-order valence-corrected chi connectivity index (χ0v) is 18.0. The molecule has 3 rings (SSSR count). The SMILES string of the molecule is C=C(c1cc(CNCCC#N)c(C)cc1C)N1CCC(c2ccc(C#N)cc2)CC1. The maximum atomic E-state index is 8.99. The molecule has 0 radical (unpaired) electrons. The molecule has 4 heteroatoms. The van der Waals surface area contributed by atoms with Gasteiger partial charge in [-0.25, -0.2) is 0 Å². The number of hydrogen-bond acceptors (Lipinski definition) is 4. The van der Waals surface area contributed by atoms with Gasteiger partial charge in [-0.05, 0) is 73.1 Å². The number of aryl methyl sites for hydroxylation is 2. The van der Waals surface area contributed by atoms with Crippen LogP contribution in [0.5, 0.6) is 0 Å². The van der Waals surface area contributed by atoms with E-state index in [-0.39, 0.29) is 0 Å². The van der Waals surface area contributed by atoms with Crippen molar-refractivity contribution < 1.29 is 0 Å². The second kappa shape index (κ2) is 10.1. The van der Waals surface area contributed by atoms with E-state index in [1.54, 1.807) is 0 Å². The van der Waals surface area contributed by atoms with Crippen LogP contribution in [0.15, 0.2) is 43.0 Å². The number of nitrogens with zero attached hydrogens (tertiary/aromatic N) is 3. The smallest absolute Gasteiger partial charge is 0.0991 e. The fourth-order valence-corrected chi connectivity index (χ4v) is 4.25. The van der Waals surface area contributed by atoms with Gasteiger partial charge in [0.1, 0.15) is 0 Å². The highest BCUT2D eigenvalue weighted by molar-refractivity contribution is 5.66. The molecule has 1 fully saturated rings. The summed E-state index contributed by atoms with van der Waals surface area (Å²) in [6, 6.07) is 16.9. The minimum atomic E-state index is 0.526. The predicted molar refractivity (Wildman–Crippen MR) is 122 cm³/mol. The number of likely N-dealkylation sites (tertiary alicyclic amines) is 1. The van der Waals surface area contributed by atoms with E-state index in [9.17, 15) is 0 Å². The lowest BCUT2D eigenvalue weighted by Crippen LogP contribution is -2.31.